The number of benzene rings is 1. The van der Waals surface area contributed by atoms with Crippen LogP contribution in [0.3, 0.4) is 0 Å². The summed E-state index contributed by atoms with van der Waals surface area (Å²) in [6, 6.07) is 5.29. The number of ketones is 1. The molecule has 1 amide bonds. The number of nitrogens with one attached hydrogen (secondary N) is 1. The van der Waals surface area contributed by atoms with Gasteiger partial charge in [0.15, 0.2) is 5.78 Å². The second kappa shape index (κ2) is 12.2. The van der Waals surface area contributed by atoms with Crippen LogP contribution in [0.1, 0.15) is 54.9 Å². The van der Waals surface area contributed by atoms with E-state index in [1.807, 2.05) is 6.07 Å². The molecule has 0 aliphatic carbocycles. The van der Waals surface area contributed by atoms with E-state index in [0.717, 1.165) is 31.2 Å². The Morgan fingerprint density at radius 2 is 1.96 bits per heavy atom. The Balaban J connectivity index is 2.12. The monoisotopic (exact) mass is 416 g/mol. The first-order valence-corrected chi connectivity index (χ1v) is 11.5. The Morgan fingerprint density at radius 1 is 1.26 bits per heavy atom. The fourth-order valence-corrected chi connectivity index (χ4v) is 3.16. The summed E-state index contributed by atoms with van der Waals surface area (Å²) >= 11 is 4.73. The van der Waals surface area contributed by atoms with Crippen molar-refractivity contribution in [1.29, 1.82) is 0 Å². The molecule has 0 spiro atoms. The predicted octanol–water partition coefficient (Wildman–Crippen LogP) is 2.96. The Hall–Kier alpha value is -1.31. The molecule has 0 aromatic heterocycles. The number of carbonyl (C=O) groups excluding carboxylic acids is 2. The third-order valence-electron chi connectivity index (χ3n) is 4.01. The Labute approximate surface area is 165 Å². The van der Waals surface area contributed by atoms with E-state index in [9.17, 15) is 14.5 Å². The van der Waals surface area contributed by atoms with Gasteiger partial charge in [0.25, 0.3) is 0 Å². The molecule has 0 aliphatic rings. The van der Waals surface area contributed by atoms with Gasteiger partial charge in [-0.1, -0.05) is 18.9 Å². The quantitative estimate of drug-likeness (QED) is 0.196. The van der Waals surface area contributed by atoms with Crippen LogP contribution < -0.4 is 11.1 Å². The van der Waals surface area contributed by atoms with Gasteiger partial charge < -0.3 is 25.0 Å². The third-order valence-corrected chi connectivity index (χ3v) is 5.75. The molecule has 1 rings (SSSR count). The van der Waals surface area contributed by atoms with E-state index in [1.54, 1.807) is 12.1 Å². The van der Waals surface area contributed by atoms with Gasteiger partial charge in [0.05, 0.1) is 6.61 Å². The first-order chi connectivity index (χ1) is 12.7. The van der Waals surface area contributed by atoms with Crippen molar-refractivity contribution in [2.75, 3.05) is 26.0 Å². The number of nitrogens with two attached hydrogens (primary N) is 1. The average molecular weight is 416 g/mol. The molecule has 1 atom stereocenters. The van der Waals surface area contributed by atoms with Crippen molar-refractivity contribution in [3.05, 3.63) is 29.3 Å². The molecule has 0 aliphatic heterocycles. The highest BCUT2D eigenvalue weighted by atomic mass is 32.5. The summed E-state index contributed by atoms with van der Waals surface area (Å²) in [6.45, 7) is -0.562. The summed E-state index contributed by atoms with van der Waals surface area (Å²) in [7, 11) is 1.33. The van der Waals surface area contributed by atoms with E-state index in [-0.39, 0.29) is 11.7 Å². The number of amides is 1. The first-order valence-electron chi connectivity index (χ1n) is 8.94. The zero-order chi connectivity index (χ0) is 20.3. The molecule has 1 unspecified atom stereocenters. The summed E-state index contributed by atoms with van der Waals surface area (Å²) in [5.74, 6) is -0.0721. The van der Waals surface area contributed by atoms with Crippen LogP contribution in [-0.2, 0) is 32.1 Å². The van der Waals surface area contributed by atoms with Gasteiger partial charge >= 0.3 is 6.72 Å². The molecule has 9 heteroatoms. The molecule has 0 heterocycles. The standard InChI is InChI=1S/C18H29N2O5PS/c1-14(21)16-9-7-15(13-17(16)19)8-10-18(22)20-11-5-3-4-6-12-25-26(23,27)24-2/h7,9,13H,3-6,8,10-12,19H2,1-2H3,(H,20,22)(H,23,27). The average Bonchev–Trinajstić information content (AvgIpc) is 2.61. The summed E-state index contributed by atoms with van der Waals surface area (Å²) in [5.41, 5.74) is 7.75. The highest BCUT2D eigenvalue weighted by molar-refractivity contribution is 8.07. The van der Waals surface area contributed by atoms with E-state index < -0.39 is 6.72 Å². The van der Waals surface area contributed by atoms with Gasteiger partial charge in [-0.2, -0.15) is 0 Å². The number of nitrogen functional groups attached to an aromatic ring is 1. The number of rotatable bonds is 13. The number of aryl methyl sites for hydroxylation is 1. The second-order valence-electron chi connectivity index (χ2n) is 6.23. The molecule has 152 valence electrons. The van der Waals surface area contributed by atoms with Crippen LogP contribution in [0.4, 0.5) is 5.69 Å². The minimum atomic E-state index is -3.04. The number of unbranched alkanes of at least 4 members (excludes halogenated alkanes) is 3. The molecule has 0 fully saturated rings. The summed E-state index contributed by atoms with van der Waals surface area (Å²) in [6.07, 6.45) is 4.51. The SMILES string of the molecule is COP(O)(=S)OCCCCCCNC(=O)CCc1ccc(C(C)=O)c(N)c1. The van der Waals surface area contributed by atoms with Gasteiger partial charge in [0, 0.05) is 31.3 Å². The van der Waals surface area contributed by atoms with Crippen LogP contribution in [0.15, 0.2) is 18.2 Å². The van der Waals surface area contributed by atoms with Crippen LogP contribution in [-0.4, -0.2) is 36.8 Å². The maximum atomic E-state index is 11.9. The zero-order valence-corrected chi connectivity index (χ0v) is 17.6. The summed E-state index contributed by atoms with van der Waals surface area (Å²) in [5, 5.41) is 2.89. The number of anilines is 1. The van der Waals surface area contributed by atoms with Gasteiger partial charge in [-0.3, -0.25) is 9.59 Å². The molecular weight excluding hydrogens is 387 g/mol. The molecule has 0 saturated heterocycles. The topological polar surface area (TPSA) is 111 Å². The van der Waals surface area contributed by atoms with Crippen LogP contribution in [0.5, 0.6) is 0 Å². The summed E-state index contributed by atoms with van der Waals surface area (Å²) < 4.78 is 9.76. The lowest BCUT2D eigenvalue weighted by molar-refractivity contribution is -0.121. The van der Waals surface area contributed by atoms with Gasteiger partial charge in [-0.25, -0.2) is 0 Å². The fraction of sp³-hybridized carbons (Fsp3) is 0.556. The lowest BCUT2D eigenvalue weighted by Gasteiger charge is -2.12. The smallest absolute Gasteiger partial charge is 0.324 e. The molecule has 1 aromatic rings. The number of Topliss-reactive ketones (excluding diaryl/α,β-unsaturated/α-hetero) is 1. The van der Waals surface area contributed by atoms with E-state index in [4.69, 9.17) is 22.1 Å². The van der Waals surface area contributed by atoms with E-state index in [1.165, 1.54) is 14.0 Å². The van der Waals surface area contributed by atoms with E-state index in [2.05, 4.69) is 9.84 Å². The van der Waals surface area contributed by atoms with E-state index >= 15 is 0 Å². The number of hydrogen-bond acceptors (Lipinski definition) is 6. The third kappa shape index (κ3) is 9.98. The zero-order valence-electron chi connectivity index (χ0n) is 15.9. The maximum Gasteiger partial charge on any atom is 0.324 e. The molecule has 0 saturated carbocycles. The van der Waals surface area contributed by atoms with Crippen molar-refractivity contribution < 1.29 is 23.5 Å². The second-order valence-corrected chi connectivity index (χ2v) is 9.17. The largest absolute Gasteiger partial charge is 0.398 e. The van der Waals surface area contributed by atoms with Crippen molar-refractivity contribution >= 4 is 35.9 Å². The molecule has 27 heavy (non-hydrogen) atoms. The van der Waals surface area contributed by atoms with E-state index in [0.29, 0.717) is 37.2 Å². The molecule has 4 N–H and O–H groups in total. The maximum absolute atomic E-state index is 11.9. The summed E-state index contributed by atoms with van der Waals surface area (Å²) in [4.78, 5) is 32.7. The minimum Gasteiger partial charge on any atom is -0.398 e. The lowest BCUT2D eigenvalue weighted by atomic mass is 10.0. The van der Waals surface area contributed by atoms with Crippen molar-refractivity contribution in [3.8, 4) is 0 Å². The fourth-order valence-electron chi connectivity index (χ4n) is 2.48. The Kier molecular flexibility index (Phi) is 10.7. The van der Waals surface area contributed by atoms with Gasteiger partial charge in [0.1, 0.15) is 0 Å². The molecule has 7 nitrogen and oxygen atoms in total. The van der Waals surface area contributed by atoms with Gasteiger partial charge in [-0.05, 0) is 55.7 Å². The number of carbonyl (C=O) groups is 2. The molecule has 0 radical (unpaired) electrons. The van der Waals surface area contributed by atoms with Gasteiger partial charge in [0.2, 0.25) is 5.91 Å². The van der Waals surface area contributed by atoms with Crippen molar-refractivity contribution in [1.82, 2.24) is 5.32 Å². The predicted molar refractivity (Wildman–Crippen MR) is 110 cm³/mol. The van der Waals surface area contributed by atoms with Gasteiger partial charge in [-0.15, -0.1) is 0 Å². The molecule has 1 aromatic carbocycles. The highest BCUT2D eigenvalue weighted by Gasteiger charge is 2.11. The first kappa shape index (κ1) is 23.7. The van der Waals surface area contributed by atoms with Crippen LogP contribution >= 0.6 is 6.72 Å². The van der Waals surface area contributed by atoms with Crippen LogP contribution in [0.25, 0.3) is 0 Å². The Morgan fingerprint density at radius 3 is 2.59 bits per heavy atom. The highest BCUT2D eigenvalue weighted by Crippen LogP contribution is 2.42. The van der Waals surface area contributed by atoms with Crippen molar-refractivity contribution in [2.24, 2.45) is 0 Å². The van der Waals surface area contributed by atoms with Crippen LogP contribution in [0, 0.1) is 0 Å². The van der Waals surface area contributed by atoms with Crippen LogP contribution in [0.2, 0.25) is 0 Å². The minimum absolute atomic E-state index is 0.00591. The lowest BCUT2D eigenvalue weighted by Crippen LogP contribution is -2.24. The molecule has 0 bridgehead atoms. The van der Waals surface area contributed by atoms with Crippen molar-refractivity contribution in [2.45, 2.75) is 45.4 Å². The number of hydrogen-bond donors (Lipinski definition) is 3. The molecular formula is C18H29N2O5PS. The normalized spacial score (nSPS) is 13.1. The van der Waals surface area contributed by atoms with Crippen molar-refractivity contribution in [3.63, 3.8) is 0 Å². The Bertz CT molecular complexity index is 684.